The van der Waals surface area contributed by atoms with Crippen LogP contribution in [0.4, 0.5) is 0 Å². The SMILES string of the molecule is [CH2]CCCCn1c(CC)c(CC)c2ccccc21. The van der Waals surface area contributed by atoms with Gasteiger partial charge in [-0.3, -0.25) is 0 Å². The van der Waals surface area contributed by atoms with Gasteiger partial charge in [0.1, 0.15) is 0 Å². The van der Waals surface area contributed by atoms with E-state index >= 15 is 0 Å². The summed E-state index contributed by atoms with van der Waals surface area (Å²) >= 11 is 0. The standard InChI is InChI=1S/C17H24N/c1-4-7-10-13-18-16(6-3)14(5-2)15-11-8-9-12-17(15)18/h8-9,11-12H,1,4-7,10,13H2,2-3H3. The van der Waals surface area contributed by atoms with Crippen LogP contribution in [-0.4, -0.2) is 4.57 Å². The van der Waals surface area contributed by atoms with E-state index in [1.54, 1.807) is 5.56 Å². The first-order valence-electron chi connectivity index (χ1n) is 7.21. The highest BCUT2D eigenvalue weighted by Crippen LogP contribution is 2.27. The second kappa shape index (κ2) is 6.08. The molecule has 0 amide bonds. The van der Waals surface area contributed by atoms with E-state index in [1.165, 1.54) is 29.4 Å². The van der Waals surface area contributed by atoms with Crippen molar-refractivity contribution >= 4 is 10.9 Å². The fourth-order valence-electron chi connectivity index (χ4n) is 2.93. The summed E-state index contributed by atoms with van der Waals surface area (Å²) in [6.45, 7) is 9.61. The molecule has 0 spiro atoms. The number of fused-ring (bicyclic) bond motifs is 1. The van der Waals surface area contributed by atoms with Crippen molar-refractivity contribution in [1.29, 1.82) is 0 Å². The zero-order chi connectivity index (χ0) is 13.0. The predicted octanol–water partition coefficient (Wildman–Crippen LogP) is 4.77. The van der Waals surface area contributed by atoms with Crippen molar-refractivity contribution in [2.45, 2.75) is 52.5 Å². The van der Waals surface area contributed by atoms with E-state index in [1.807, 2.05) is 0 Å². The molecule has 0 atom stereocenters. The van der Waals surface area contributed by atoms with E-state index in [0.717, 1.165) is 25.8 Å². The highest BCUT2D eigenvalue weighted by Gasteiger charge is 2.13. The second-order valence-corrected chi connectivity index (χ2v) is 4.86. The van der Waals surface area contributed by atoms with Gasteiger partial charge in [0.05, 0.1) is 0 Å². The van der Waals surface area contributed by atoms with Crippen LogP contribution in [0.3, 0.4) is 0 Å². The van der Waals surface area contributed by atoms with Crippen molar-refractivity contribution in [3.05, 3.63) is 42.4 Å². The number of rotatable bonds is 6. The minimum Gasteiger partial charge on any atom is -0.344 e. The molecule has 18 heavy (non-hydrogen) atoms. The summed E-state index contributed by atoms with van der Waals surface area (Å²) < 4.78 is 2.53. The minimum absolute atomic E-state index is 1.04. The topological polar surface area (TPSA) is 4.93 Å². The first-order valence-corrected chi connectivity index (χ1v) is 7.21. The van der Waals surface area contributed by atoms with Crippen LogP contribution >= 0.6 is 0 Å². The lowest BCUT2D eigenvalue weighted by Gasteiger charge is -2.10. The average Bonchev–Trinajstić information content (AvgIpc) is 2.72. The Bertz CT molecular complexity index is 508. The van der Waals surface area contributed by atoms with Crippen LogP contribution in [0.5, 0.6) is 0 Å². The lowest BCUT2D eigenvalue weighted by molar-refractivity contribution is 0.608. The molecular weight excluding hydrogens is 218 g/mol. The summed E-state index contributed by atoms with van der Waals surface area (Å²) in [6, 6.07) is 8.84. The average molecular weight is 242 g/mol. The van der Waals surface area contributed by atoms with Crippen molar-refractivity contribution in [2.24, 2.45) is 0 Å². The molecular formula is C17H24N. The Balaban J connectivity index is 2.47. The molecule has 0 fully saturated rings. The molecule has 0 aliphatic carbocycles. The van der Waals surface area contributed by atoms with Gasteiger partial charge in [0.25, 0.3) is 0 Å². The monoisotopic (exact) mass is 242 g/mol. The molecule has 0 saturated heterocycles. The van der Waals surface area contributed by atoms with Crippen molar-refractivity contribution in [2.75, 3.05) is 0 Å². The number of hydrogen-bond acceptors (Lipinski definition) is 0. The summed E-state index contributed by atoms with van der Waals surface area (Å²) in [5.41, 5.74) is 4.49. The molecule has 2 aromatic rings. The smallest absolute Gasteiger partial charge is 0.0485 e. The Morgan fingerprint density at radius 3 is 2.50 bits per heavy atom. The van der Waals surface area contributed by atoms with Crippen LogP contribution in [0.25, 0.3) is 10.9 Å². The molecule has 1 radical (unpaired) electrons. The van der Waals surface area contributed by atoms with E-state index < -0.39 is 0 Å². The Hall–Kier alpha value is -1.24. The summed E-state index contributed by atoms with van der Waals surface area (Å²) in [4.78, 5) is 0. The number of aryl methyl sites for hydroxylation is 2. The summed E-state index contributed by atoms with van der Waals surface area (Å²) in [5.74, 6) is 0. The summed E-state index contributed by atoms with van der Waals surface area (Å²) in [5, 5.41) is 1.45. The molecule has 1 heteroatoms. The zero-order valence-electron chi connectivity index (χ0n) is 11.7. The molecule has 97 valence electrons. The van der Waals surface area contributed by atoms with Gasteiger partial charge in [0.15, 0.2) is 0 Å². The van der Waals surface area contributed by atoms with Crippen LogP contribution in [0.15, 0.2) is 24.3 Å². The third-order valence-electron chi connectivity index (χ3n) is 3.76. The van der Waals surface area contributed by atoms with Gasteiger partial charge in [0.2, 0.25) is 0 Å². The molecule has 0 saturated carbocycles. The maximum atomic E-state index is 3.93. The highest BCUT2D eigenvalue weighted by atomic mass is 15.0. The number of hydrogen-bond donors (Lipinski definition) is 0. The normalized spacial score (nSPS) is 11.3. The predicted molar refractivity (Wildman–Crippen MR) is 79.9 cm³/mol. The summed E-state index contributed by atoms with van der Waals surface area (Å²) in [7, 11) is 0. The van der Waals surface area contributed by atoms with Gasteiger partial charge >= 0.3 is 0 Å². The van der Waals surface area contributed by atoms with Crippen molar-refractivity contribution < 1.29 is 0 Å². The number of unbranched alkanes of at least 4 members (excludes halogenated alkanes) is 2. The van der Waals surface area contributed by atoms with E-state index in [2.05, 4.69) is 49.6 Å². The van der Waals surface area contributed by atoms with Gasteiger partial charge in [-0.15, -0.1) is 0 Å². The molecule has 1 aromatic heterocycles. The van der Waals surface area contributed by atoms with Crippen LogP contribution in [-0.2, 0) is 19.4 Å². The Morgan fingerprint density at radius 2 is 1.83 bits per heavy atom. The third kappa shape index (κ3) is 2.31. The first-order chi connectivity index (χ1) is 8.83. The first kappa shape index (κ1) is 13.2. The van der Waals surface area contributed by atoms with E-state index in [9.17, 15) is 0 Å². The molecule has 0 aliphatic heterocycles. The zero-order valence-corrected chi connectivity index (χ0v) is 11.7. The number of aromatic nitrogens is 1. The lowest BCUT2D eigenvalue weighted by atomic mass is 10.1. The fraction of sp³-hybridized carbons (Fsp3) is 0.471. The Morgan fingerprint density at radius 1 is 1.06 bits per heavy atom. The van der Waals surface area contributed by atoms with Crippen LogP contribution in [0, 0.1) is 6.92 Å². The Labute approximate surface area is 111 Å². The quantitative estimate of drug-likeness (QED) is 0.643. The van der Waals surface area contributed by atoms with E-state index in [0.29, 0.717) is 0 Å². The van der Waals surface area contributed by atoms with Gasteiger partial charge in [-0.05, 0) is 30.9 Å². The molecule has 2 rings (SSSR count). The van der Waals surface area contributed by atoms with Crippen LogP contribution < -0.4 is 0 Å². The largest absolute Gasteiger partial charge is 0.344 e. The third-order valence-corrected chi connectivity index (χ3v) is 3.76. The van der Waals surface area contributed by atoms with Crippen molar-refractivity contribution in [1.82, 2.24) is 4.57 Å². The fourth-order valence-corrected chi connectivity index (χ4v) is 2.93. The van der Waals surface area contributed by atoms with Crippen molar-refractivity contribution in [3.8, 4) is 0 Å². The van der Waals surface area contributed by atoms with Gasteiger partial charge in [-0.2, -0.15) is 0 Å². The van der Waals surface area contributed by atoms with Crippen LogP contribution in [0.1, 0.15) is 44.4 Å². The number of nitrogens with zero attached hydrogens (tertiary/aromatic N) is 1. The van der Waals surface area contributed by atoms with Gasteiger partial charge in [0, 0.05) is 23.1 Å². The van der Waals surface area contributed by atoms with E-state index in [-0.39, 0.29) is 0 Å². The second-order valence-electron chi connectivity index (χ2n) is 4.86. The van der Waals surface area contributed by atoms with Crippen LogP contribution in [0.2, 0.25) is 0 Å². The van der Waals surface area contributed by atoms with Crippen molar-refractivity contribution in [3.63, 3.8) is 0 Å². The molecule has 0 bridgehead atoms. The lowest BCUT2D eigenvalue weighted by Crippen LogP contribution is -2.03. The highest BCUT2D eigenvalue weighted by molar-refractivity contribution is 5.85. The minimum atomic E-state index is 1.04. The molecule has 0 N–H and O–H groups in total. The molecule has 0 unspecified atom stereocenters. The molecule has 1 nitrogen and oxygen atoms in total. The molecule has 0 aliphatic rings. The maximum absolute atomic E-state index is 3.93. The Kier molecular flexibility index (Phi) is 4.46. The van der Waals surface area contributed by atoms with Gasteiger partial charge in [-0.25, -0.2) is 0 Å². The van der Waals surface area contributed by atoms with Gasteiger partial charge < -0.3 is 4.57 Å². The maximum Gasteiger partial charge on any atom is 0.0485 e. The number of benzene rings is 1. The molecule has 1 heterocycles. The van der Waals surface area contributed by atoms with E-state index in [4.69, 9.17) is 0 Å². The molecule has 1 aromatic carbocycles. The van der Waals surface area contributed by atoms with Gasteiger partial charge in [-0.1, -0.05) is 51.8 Å². The summed E-state index contributed by atoms with van der Waals surface area (Å²) in [6.07, 6.45) is 5.75. The number of para-hydroxylation sites is 1.